The summed E-state index contributed by atoms with van der Waals surface area (Å²) in [5.41, 5.74) is 5.52. The number of benzene rings is 2. The lowest BCUT2D eigenvalue weighted by atomic mass is 10.0. The second-order valence-electron chi connectivity index (χ2n) is 5.41. The first-order valence-corrected chi connectivity index (χ1v) is 7.11. The quantitative estimate of drug-likeness (QED) is 0.471. The molecule has 102 valence electrons. The zero-order chi connectivity index (χ0) is 14.4. The lowest BCUT2D eigenvalue weighted by molar-refractivity contribution is -0.660. The van der Waals surface area contributed by atoms with Gasteiger partial charge < -0.3 is 4.42 Å². The molecule has 0 saturated heterocycles. The summed E-state index contributed by atoms with van der Waals surface area (Å²) < 4.78 is 8.21. The molecule has 0 aliphatic carbocycles. The molecule has 2 aromatic heterocycles. The van der Waals surface area contributed by atoms with E-state index in [0.717, 1.165) is 11.2 Å². The standard InChI is InChI=1S/C19H16NO/c1-13-14(17-8-5-6-12-20(17)2)10-11-16-15-7-3-4-9-18(15)21-19(13)16/h3-12H,1-2H3/q+1. The predicted octanol–water partition coefficient (Wildman–Crippen LogP) is 4.39. The summed E-state index contributed by atoms with van der Waals surface area (Å²) in [6.07, 6.45) is 2.07. The van der Waals surface area contributed by atoms with Crippen molar-refractivity contribution >= 4 is 21.9 Å². The van der Waals surface area contributed by atoms with Crippen molar-refractivity contribution < 1.29 is 8.98 Å². The van der Waals surface area contributed by atoms with E-state index in [9.17, 15) is 0 Å². The number of aryl methyl sites for hydroxylation is 2. The maximum absolute atomic E-state index is 6.08. The molecule has 4 aromatic rings. The van der Waals surface area contributed by atoms with Gasteiger partial charge in [0.25, 0.3) is 0 Å². The number of nitrogens with zero attached hydrogens (tertiary/aromatic N) is 1. The first-order chi connectivity index (χ1) is 10.3. The fourth-order valence-electron chi connectivity index (χ4n) is 3.00. The van der Waals surface area contributed by atoms with Gasteiger partial charge in [0.05, 0.1) is 5.56 Å². The monoisotopic (exact) mass is 274 g/mol. The molecule has 0 unspecified atom stereocenters. The molecule has 0 fully saturated rings. The van der Waals surface area contributed by atoms with Crippen LogP contribution in [-0.4, -0.2) is 0 Å². The van der Waals surface area contributed by atoms with Crippen LogP contribution in [0, 0.1) is 6.92 Å². The van der Waals surface area contributed by atoms with Gasteiger partial charge in [0.15, 0.2) is 6.20 Å². The van der Waals surface area contributed by atoms with Crippen LogP contribution >= 0.6 is 0 Å². The lowest BCUT2D eigenvalue weighted by Crippen LogP contribution is -2.30. The van der Waals surface area contributed by atoms with E-state index in [-0.39, 0.29) is 0 Å². The van der Waals surface area contributed by atoms with Crippen LogP contribution in [0.1, 0.15) is 5.56 Å². The number of para-hydroxylation sites is 1. The van der Waals surface area contributed by atoms with Crippen LogP contribution in [0.25, 0.3) is 33.2 Å². The molecule has 2 heterocycles. The van der Waals surface area contributed by atoms with E-state index in [4.69, 9.17) is 4.42 Å². The average Bonchev–Trinajstić information content (AvgIpc) is 2.89. The molecular weight excluding hydrogens is 258 g/mol. The van der Waals surface area contributed by atoms with Crippen LogP contribution in [-0.2, 0) is 7.05 Å². The fourth-order valence-corrected chi connectivity index (χ4v) is 3.00. The van der Waals surface area contributed by atoms with Crippen molar-refractivity contribution in [1.29, 1.82) is 0 Å². The van der Waals surface area contributed by atoms with Crippen molar-refractivity contribution in [3.8, 4) is 11.3 Å². The highest BCUT2D eigenvalue weighted by Crippen LogP contribution is 2.34. The van der Waals surface area contributed by atoms with E-state index in [1.807, 2.05) is 18.2 Å². The molecular formula is C19H16NO+. The zero-order valence-corrected chi connectivity index (χ0v) is 12.1. The number of hydrogen-bond acceptors (Lipinski definition) is 1. The smallest absolute Gasteiger partial charge is 0.212 e. The second-order valence-corrected chi connectivity index (χ2v) is 5.41. The number of aromatic nitrogens is 1. The summed E-state index contributed by atoms with van der Waals surface area (Å²) in [7, 11) is 2.07. The van der Waals surface area contributed by atoms with Gasteiger partial charge in [0.1, 0.15) is 18.2 Å². The molecule has 0 radical (unpaired) electrons. The molecule has 2 nitrogen and oxygen atoms in total. The highest BCUT2D eigenvalue weighted by molar-refractivity contribution is 6.07. The summed E-state index contributed by atoms with van der Waals surface area (Å²) in [6.45, 7) is 2.13. The summed E-state index contributed by atoms with van der Waals surface area (Å²) >= 11 is 0. The average molecular weight is 274 g/mol. The van der Waals surface area contributed by atoms with Crippen molar-refractivity contribution in [1.82, 2.24) is 0 Å². The Hall–Kier alpha value is -2.61. The largest absolute Gasteiger partial charge is 0.456 e. The third-order valence-corrected chi connectivity index (χ3v) is 4.13. The summed E-state index contributed by atoms with van der Waals surface area (Å²) in [6, 6.07) is 18.8. The molecule has 2 heteroatoms. The van der Waals surface area contributed by atoms with E-state index in [0.29, 0.717) is 0 Å². The molecule has 0 atom stereocenters. The number of hydrogen-bond donors (Lipinski definition) is 0. The van der Waals surface area contributed by atoms with Crippen LogP contribution in [0.3, 0.4) is 0 Å². The molecule has 4 rings (SSSR count). The van der Waals surface area contributed by atoms with Crippen molar-refractivity contribution in [3.05, 3.63) is 66.4 Å². The van der Waals surface area contributed by atoms with Crippen LogP contribution in [0.5, 0.6) is 0 Å². The molecule has 2 aromatic carbocycles. The van der Waals surface area contributed by atoms with Crippen LogP contribution < -0.4 is 4.57 Å². The van der Waals surface area contributed by atoms with Gasteiger partial charge in [-0.1, -0.05) is 18.2 Å². The highest BCUT2D eigenvalue weighted by atomic mass is 16.3. The van der Waals surface area contributed by atoms with Gasteiger partial charge in [-0.2, -0.15) is 0 Å². The topological polar surface area (TPSA) is 17.0 Å². The first-order valence-electron chi connectivity index (χ1n) is 7.11. The Balaban J connectivity index is 2.07. The fraction of sp³-hybridized carbons (Fsp3) is 0.105. The van der Waals surface area contributed by atoms with Crippen molar-refractivity contribution in [2.75, 3.05) is 0 Å². The minimum atomic E-state index is 0.949. The minimum Gasteiger partial charge on any atom is -0.456 e. The van der Waals surface area contributed by atoms with E-state index in [1.165, 1.54) is 27.6 Å². The SMILES string of the molecule is Cc1c(-c2cccc[n+]2C)ccc2c1oc1ccccc12. The van der Waals surface area contributed by atoms with Gasteiger partial charge in [0, 0.05) is 28.5 Å². The number of rotatable bonds is 1. The Morgan fingerprint density at radius 3 is 2.52 bits per heavy atom. The number of furan rings is 1. The lowest BCUT2D eigenvalue weighted by Gasteiger charge is -2.04. The van der Waals surface area contributed by atoms with Gasteiger partial charge in [0.2, 0.25) is 5.69 Å². The number of pyridine rings is 1. The van der Waals surface area contributed by atoms with Crippen molar-refractivity contribution in [2.45, 2.75) is 6.92 Å². The van der Waals surface area contributed by atoms with Crippen molar-refractivity contribution in [3.63, 3.8) is 0 Å². The van der Waals surface area contributed by atoms with Crippen LogP contribution in [0.4, 0.5) is 0 Å². The van der Waals surface area contributed by atoms with E-state index < -0.39 is 0 Å². The van der Waals surface area contributed by atoms with Gasteiger partial charge in [-0.15, -0.1) is 0 Å². The Labute approximate surface area is 123 Å². The predicted molar refractivity (Wildman–Crippen MR) is 85.1 cm³/mol. The molecule has 21 heavy (non-hydrogen) atoms. The molecule has 0 aliphatic rings. The van der Waals surface area contributed by atoms with E-state index in [2.05, 4.69) is 61.1 Å². The Morgan fingerprint density at radius 2 is 1.67 bits per heavy atom. The summed E-state index contributed by atoms with van der Waals surface area (Å²) in [5.74, 6) is 0. The Bertz CT molecular complexity index is 966. The van der Waals surface area contributed by atoms with Crippen LogP contribution in [0.2, 0.25) is 0 Å². The molecule has 0 N–H and O–H groups in total. The third kappa shape index (κ3) is 1.76. The van der Waals surface area contributed by atoms with Gasteiger partial charge in [-0.05, 0) is 31.2 Å². The minimum absolute atomic E-state index is 0.949. The zero-order valence-electron chi connectivity index (χ0n) is 12.1. The number of fused-ring (bicyclic) bond motifs is 3. The maximum Gasteiger partial charge on any atom is 0.212 e. The summed E-state index contributed by atoms with van der Waals surface area (Å²) in [5, 5.41) is 2.37. The normalized spacial score (nSPS) is 11.3. The van der Waals surface area contributed by atoms with E-state index >= 15 is 0 Å². The molecule has 0 bridgehead atoms. The van der Waals surface area contributed by atoms with E-state index in [1.54, 1.807) is 0 Å². The Morgan fingerprint density at radius 1 is 0.857 bits per heavy atom. The Kier molecular flexibility index (Phi) is 2.58. The summed E-state index contributed by atoms with van der Waals surface area (Å²) in [4.78, 5) is 0. The first kappa shape index (κ1) is 12.2. The van der Waals surface area contributed by atoms with Gasteiger partial charge >= 0.3 is 0 Å². The second kappa shape index (κ2) is 4.45. The third-order valence-electron chi connectivity index (χ3n) is 4.13. The van der Waals surface area contributed by atoms with Gasteiger partial charge in [-0.25, -0.2) is 4.57 Å². The molecule has 0 amide bonds. The molecule has 0 saturated carbocycles. The molecule has 0 spiro atoms. The highest BCUT2D eigenvalue weighted by Gasteiger charge is 2.16. The van der Waals surface area contributed by atoms with Crippen molar-refractivity contribution in [2.24, 2.45) is 7.05 Å². The molecule has 0 aliphatic heterocycles. The van der Waals surface area contributed by atoms with Crippen LogP contribution in [0.15, 0.2) is 65.2 Å². The van der Waals surface area contributed by atoms with Gasteiger partial charge in [-0.3, -0.25) is 0 Å². The maximum atomic E-state index is 6.08.